The quantitative estimate of drug-likeness (QED) is 0.856. The summed E-state index contributed by atoms with van der Waals surface area (Å²) >= 11 is 0. The fourth-order valence-electron chi connectivity index (χ4n) is 4.08. The molecular formula is C18H37N3O. The van der Waals surface area contributed by atoms with Crippen LogP contribution >= 0.6 is 0 Å². The molecule has 2 atom stereocenters. The Kier molecular flexibility index (Phi) is 6.29. The first kappa shape index (κ1) is 18.2. The number of aliphatic hydroxyl groups is 1. The van der Waals surface area contributed by atoms with E-state index in [2.05, 4.69) is 49.3 Å². The average Bonchev–Trinajstić information content (AvgIpc) is 2.46. The number of hydrogen-bond acceptors (Lipinski definition) is 4. The zero-order valence-electron chi connectivity index (χ0n) is 15.4. The van der Waals surface area contributed by atoms with E-state index in [0.29, 0.717) is 18.6 Å². The van der Waals surface area contributed by atoms with Gasteiger partial charge in [-0.25, -0.2) is 0 Å². The molecule has 2 saturated heterocycles. The summed E-state index contributed by atoms with van der Waals surface area (Å²) in [5.74, 6) is 1.16. The van der Waals surface area contributed by atoms with Crippen molar-refractivity contribution in [3.8, 4) is 0 Å². The molecule has 2 heterocycles. The number of nitrogens with zero attached hydrogens (tertiary/aromatic N) is 3. The lowest BCUT2D eigenvalue weighted by Gasteiger charge is -2.49. The summed E-state index contributed by atoms with van der Waals surface area (Å²) < 4.78 is 0. The minimum Gasteiger partial charge on any atom is -0.396 e. The molecule has 2 aliphatic rings. The van der Waals surface area contributed by atoms with Gasteiger partial charge in [-0.15, -0.1) is 0 Å². The number of likely N-dealkylation sites (tertiary alicyclic amines) is 1. The minimum absolute atomic E-state index is 0.217. The number of piperidine rings is 1. The monoisotopic (exact) mass is 311 g/mol. The van der Waals surface area contributed by atoms with E-state index in [1.165, 1.54) is 39.1 Å². The van der Waals surface area contributed by atoms with Crippen LogP contribution in [0.5, 0.6) is 0 Å². The predicted octanol–water partition coefficient (Wildman–Crippen LogP) is 1.74. The summed E-state index contributed by atoms with van der Waals surface area (Å²) in [5, 5.41) is 9.88. The molecular weight excluding hydrogens is 274 g/mol. The Hall–Kier alpha value is -0.160. The number of hydrogen-bond donors (Lipinski definition) is 1. The van der Waals surface area contributed by atoms with E-state index in [0.717, 1.165) is 19.0 Å². The molecule has 2 rings (SSSR count). The van der Waals surface area contributed by atoms with Gasteiger partial charge in [-0.2, -0.15) is 0 Å². The molecule has 4 nitrogen and oxygen atoms in total. The highest BCUT2D eigenvalue weighted by Crippen LogP contribution is 2.27. The van der Waals surface area contributed by atoms with Gasteiger partial charge < -0.3 is 10.0 Å². The normalized spacial score (nSPS) is 30.1. The van der Waals surface area contributed by atoms with Crippen molar-refractivity contribution in [2.24, 2.45) is 11.8 Å². The van der Waals surface area contributed by atoms with Gasteiger partial charge in [0.15, 0.2) is 0 Å². The van der Waals surface area contributed by atoms with Crippen molar-refractivity contribution in [1.82, 2.24) is 14.7 Å². The van der Waals surface area contributed by atoms with E-state index in [9.17, 15) is 5.11 Å². The molecule has 0 bridgehead atoms. The maximum absolute atomic E-state index is 9.88. The molecule has 1 N–H and O–H groups in total. The topological polar surface area (TPSA) is 30.0 Å². The van der Waals surface area contributed by atoms with E-state index in [4.69, 9.17) is 0 Å². The molecule has 1 unspecified atom stereocenters. The van der Waals surface area contributed by atoms with Crippen molar-refractivity contribution in [1.29, 1.82) is 0 Å². The second-order valence-corrected chi connectivity index (χ2v) is 8.65. The first-order valence-corrected chi connectivity index (χ1v) is 9.13. The van der Waals surface area contributed by atoms with Gasteiger partial charge in [0.1, 0.15) is 0 Å². The van der Waals surface area contributed by atoms with E-state index < -0.39 is 0 Å². The van der Waals surface area contributed by atoms with Gasteiger partial charge in [-0.3, -0.25) is 9.80 Å². The number of piperazine rings is 1. The summed E-state index contributed by atoms with van der Waals surface area (Å²) in [7, 11) is 0. The SMILES string of the molecule is CC(C)CN1CCN(C2CCN(C(C)(C)C)C[C@H]2CO)CC1. The highest BCUT2D eigenvalue weighted by atomic mass is 16.3. The molecule has 2 aliphatic heterocycles. The maximum Gasteiger partial charge on any atom is 0.0486 e. The summed E-state index contributed by atoms with van der Waals surface area (Å²) in [6, 6.07) is 0.574. The molecule has 0 amide bonds. The third-order valence-electron chi connectivity index (χ3n) is 5.38. The van der Waals surface area contributed by atoms with Gasteiger partial charge in [0, 0.05) is 69.9 Å². The van der Waals surface area contributed by atoms with Gasteiger partial charge in [-0.1, -0.05) is 13.8 Å². The van der Waals surface area contributed by atoms with Crippen LogP contribution in [0.1, 0.15) is 41.0 Å². The minimum atomic E-state index is 0.217. The van der Waals surface area contributed by atoms with E-state index in [-0.39, 0.29) is 5.54 Å². The van der Waals surface area contributed by atoms with Gasteiger partial charge >= 0.3 is 0 Å². The Bertz CT molecular complexity index is 332. The third-order valence-corrected chi connectivity index (χ3v) is 5.38. The first-order valence-electron chi connectivity index (χ1n) is 9.13. The van der Waals surface area contributed by atoms with Crippen LogP contribution < -0.4 is 0 Å². The molecule has 0 aromatic heterocycles. The van der Waals surface area contributed by atoms with Crippen LogP contribution in [0.25, 0.3) is 0 Å². The molecule has 0 radical (unpaired) electrons. The lowest BCUT2D eigenvalue weighted by molar-refractivity contribution is -0.0219. The van der Waals surface area contributed by atoms with Gasteiger partial charge in [-0.05, 0) is 33.1 Å². The maximum atomic E-state index is 9.88. The van der Waals surface area contributed by atoms with Crippen molar-refractivity contribution < 1.29 is 5.11 Å². The molecule has 2 fully saturated rings. The fourth-order valence-corrected chi connectivity index (χ4v) is 4.08. The molecule has 0 spiro atoms. The van der Waals surface area contributed by atoms with E-state index in [1.54, 1.807) is 0 Å². The number of rotatable bonds is 4. The Balaban J connectivity index is 1.88. The number of aliphatic hydroxyl groups excluding tert-OH is 1. The summed E-state index contributed by atoms with van der Waals surface area (Å²) in [5.41, 5.74) is 0.217. The van der Waals surface area contributed by atoms with Crippen molar-refractivity contribution in [3.63, 3.8) is 0 Å². The third kappa shape index (κ3) is 4.67. The molecule has 0 saturated carbocycles. The summed E-state index contributed by atoms with van der Waals surface area (Å²) in [4.78, 5) is 7.79. The molecule has 22 heavy (non-hydrogen) atoms. The smallest absolute Gasteiger partial charge is 0.0486 e. The van der Waals surface area contributed by atoms with Crippen molar-refractivity contribution in [2.75, 3.05) is 52.4 Å². The Morgan fingerprint density at radius 3 is 2.18 bits per heavy atom. The molecule has 0 aliphatic carbocycles. The average molecular weight is 312 g/mol. The van der Waals surface area contributed by atoms with Crippen molar-refractivity contribution in [3.05, 3.63) is 0 Å². The van der Waals surface area contributed by atoms with Crippen LogP contribution in [0.15, 0.2) is 0 Å². The molecule has 0 aromatic rings. The van der Waals surface area contributed by atoms with Crippen LogP contribution in [0.2, 0.25) is 0 Å². The van der Waals surface area contributed by atoms with Gasteiger partial charge in [0.25, 0.3) is 0 Å². The van der Waals surface area contributed by atoms with Gasteiger partial charge in [0.05, 0.1) is 0 Å². The lowest BCUT2D eigenvalue weighted by Crippen LogP contribution is -2.59. The van der Waals surface area contributed by atoms with Crippen LogP contribution in [-0.2, 0) is 0 Å². The van der Waals surface area contributed by atoms with Crippen LogP contribution in [0.4, 0.5) is 0 Å². The fraction of sp³-hybridized carbons (Fsp3) is 1.00. The highest BCUT2D eigenvalue weighted by Gasteiger charge is 2.37. The predicted molar refractivity (Wildman–Crippen MR) is 93.2 cm³/mol. The van der Waals surface area contributed by atoms with Crippen LogP contribution in [0.3, 0.4) is 0 Å². The zero-order chi connectivity index (χ0) is 16.3. The summed E-state index contributed by atoms with van der Waals surface area (Å²) in [6.45, 7) is 19.9. The van der Waals surface area contributed by atoms with Crippen molar-refractivity contribution in [2.45, 2.75) is 52.6 Å². The standard InChI is InChI=1S/C18H37N3O/c1-15(2)12-19-8-10-20(11-9-19)17-6-7-21(18(3,4)5)13-16(17)14-22/h15-17,22H,6-14H2,1-5H3/t16-,17?/m0/s1. The Labute approximate surface area is 137 Å². The van der Waals surface area contributed by atoms with Crippen molar-refractivity contribution >= 4 is 0 Å². The van der Waals surface area contributed by atoms with E-state index >= 15 is 0 Å². The largest absolute Gasteiger partial charge is 0.396 e. The lowest BCUT2D eigenvalue weighted by atomic mass is 9.88. The molecule has 0 aromatic carbocycles. The Morgan fingerprint density at radius 2 is 1.68 bits per heavy atom. The van der Waals surface area contributed by atoms with Crippen LogP contribution in [-0.4, -0.2) is 83.8 Å². The Morgan fingerprint density at radius 1 is 1.05 bits per heavy atom. The summed E-state index contributed by atoms with van der Waals surface area (Å²) in [6.07, 6.45) is 1.20. The second kappa shape index (κ2) is 7.61. The van der Waals surface area contributed by atoms with Crippen LogP contribution in [0, 0.1) is 11.8 Å². The first-order chi connectivity index (χ1) is 10.3. The molecule has 4 heteroatoms. The second-order valence-electron chi connectivity index (χ2n) is 8.65. The van der Waals surface area contributed by atoms with Gasteiger partial charge in [0.2, 0.25) is 0 Å². The molecule has 130 valence electrons. The van der Waals surface area contributed by atoms with E-state index in [1.807, 2.05) is 0 Å². The highest BCUT2D eigenvalue weighted by molar-refractivity contribution is 4.92. The zero-order valence-corrected chi connectivity index (χ0v) is 15.4.